The molecule has 0 aliphatic carbocycles. The third-order valence-corrected chi connectivity index (χ3v) is 3.98. The number of amides is 1. The summed E-state index contributed by atoms with van der Waals surface area (Å²) in [5.41, 5.74) is 6.73. The summed E-state index contributed by atoms with van der Waals surface area (Å²) in [5, 5.41) is 3.96. The molecule has 3 aromatic carbocycles. The number of benzene rings is 3. The van der Waals surface area contributed by atoms with Gasteiger partial charge < -0.3 is 4.74 Å². The molecule has 3 rings (SSSR count). The minimum Gasteiger partial charge on any atom is -0.484 e. The normalized spacial score (nSPS) is 11.4. The highest BCUT2D eigenvalue weighted by molar-refractivity contribution is 5.86. The van der Waals surface area contributed by atoms with E-state index in [0.717, 1.165) is 22.3 Å². The second kappa shape index (κ2) is 9.88. The Hall–Kier alpha value is -3.66. The predicted molar refractivity (Wildman–Crippen MR) is 114 cm³/mol. The van der Waals surface area contributed by atoms with Crippen molar-refractivity contribution >= 4 is 18.2 Å². The van der Waals surface area contributed by atoms with Gasteiger partial charge in [0.2, 0.25) is 0 Å². The summed E-state index contributed by atoms with van der Waals surface area (Å²) in [7, 11) is 0. The van der Waals surface area contributed by atoms with Crippen molar-refractivity contribution in [2.75, 3.05) is 6.61 Å². The van der Waals surface area contributed by atoms with Gasteiger partial charge in [0.15, 0.2) is 6.61 Å². The summed E-state index contributed by atoms with van der Waals surface area (Å²) in [6.45, 7) is 1.83. The van der Waals surface area contributed by atoms with E-state index in [4.69, 9.17) is 4.74 Å². The fourth-order valence-corrected chi connectivity index (χ4v) is 2.61. The molecule has 0 atom stereocenters. The van der Waals surface area contributed by atoms with Crippen LogP contribution in [0.5, 0.6) is 5.75 Å². The van der Waals surface area contributed by atoms with Crippen LogP contribution in [-0.4, -0.2) is 18.7 Å². The molecule has 140 valence electrons. The van der Waals surface area contributed by atoms with Gasteiger partial charge in [0.1, 0.15) is 5.75 Å². The monoisotopic (exact) mass is 370 g/mol. The van der Waals surface area contributed by atoms with Crippen LogP contribution in [0.15, 0.2) is 95.6 Å². The lowest BCUT2D eigenvalue weighted by Gasteiger charge is -2.06. The van der Waals surface area contributed by atoms with Gasteiger partial charge in [0.25, 0.3) is 5.91 Å². The summed E-state index contributed by atoms with van der Waals surface area (Å²) >= 11 is 0. The number of carbonyl (C=O) groups is 1. The van der Waals surface area contributed by atoms with Crippen LogP contribution in [0, 0.1) is 0 Å². The molecule has 1 N–H and O–H groups in total. The number of ether oxygens (including phenoxy) is 1. The Morgan fingerprint density at radius 3 is 2.18 bits per heavy atom. The van der Waals surface area contributed by atoms with Gasteiger partial charge in [-0.05, 0) is 41.3 Å². The minimum atomic E-state index is -0.309. The van der Waals surface area contributed by atoms with Gasteiger partial charge in [0, 0.05) is 0 Å². The van der Waals surface area contributed by atoms with Crippen molar-refractivity contribution in [1.82, 2.24) is 5.43 Å². The Balaban J connectivity index is 1.46. The van der Waals surface area contributed by atoms with Crippen LogP contribution in [0.4, 0.5) is 0 Å². The highest BCUT2D eigenvalue weighted by atomic mass is 16.5. The number of hydrogen-bond donors (Lipinski definition) is 1. The van der Waals surface area contributed by atoms with E-state index in [9.17, 15) is 4.79 Å². The molecule has 0 radical (unpaired) electrons. The van der Waals surface area contributed by atoms with Crippen LogP contribution in [0.2, 0.25) is 0 Å². The molecule has 3 aromatic rings. The van der Waals surface area contributed by atoms with E-state index >= 15 is 0 Å². The second-order valence-electron chi connectivity index (χ2n) is 6.27. The molecule has 28 heavy (non-hydrogen) atoms. The maximum atomic E-state index is 11.9. The van der Waals surface area contributed by atoms with Crippen LogP contribution >= 0.6 is 0 Å². The Bertz CT molecular complexity index is 947. The van der Waals surface area contributed by atoms with Crippen molar-refractivity contribution in [2.24, 2.45) is 5.10 Å². The lowest BCUT2D eigenvalue weighted by molar-refractivity contribution is -0.123. The summed E-state index contributed by atoms with van der Waals surface area (Å²) in [4.78, 5) is 11.9. The molecule has 0 heterocycles. The first-order chi connectivity index (χ1) is 13.7. The zero-order valence-electron chi connectivity index (χ0n) is 15.7. The molecule has 1 amide bonds. The van der Waals surface area contributed by atoms with Crippen LogP contribution in [0.3, 0.4) is 0 Å². The van der Waals surface area contributed by atoms with Crippen molar-refractivity contribution < 1.29 is 9.53 Å². The highest BCUT2D eigenvalue weighted by Crippen LogP contribution is 2.21. The molecule has 0 aliphatic heterocycles. The van der Waals surface area contributed by atoms with Gasteiger partial charge in [-0.25, -0.2) is 5.43 Å². The topological polar surface area (TPSA) is 50.7 Å². The molecule has 4 nitrogen and oxygen atoms in total. The largest absolute Gasteiger partial charge is 0.484 e. The number of allylic oxidation sites excluding steroid dienone is 1. The Kier molecular flexibility index (Phi) is 6.74. The van der Waals surface area contributed by atoms with E-state index in [2.05, 4.69) is 22.7 Å². The zero-order valence-corrected chi connectivity index (χ0v) is 15.7. The second-order valence-corrected chi connectivity index (χ2v) is 6.27. The molecule has 4 heteroatoms. The van der Waals surface area contributed by atoms with Crippen molar-refractivity contribution in [2.45, 2.75) is 6.92 Å². The molecule has 0 saturated heterocycles. The lowest BCUT2D eigenvalue weighted by atomic mass is 10.1. The van der Waals surface area contributed by atoms with E-state index < -0.39 is 0 Å². The maximum absolute atomic E-state index is 11.9. The van der Waals surface area contributed by atoms with Gasteiger partial charge in [-0.15, -0.1) is 0 Å². The van der Waals surface area contributed by atoms with E-state index in [0.29, 0.717) is 5.75 Å². The molecule has 0 aliphatic rings. The van der Waals surface area contributed by atoms with Crippen LogP contribution in [0.1, 0.15) is 12.5 Å². The first-order valence-corrected chi connectivity index (χ1v) is 9.04. The van der Waals surface area contributed by atoms with Gasteiger partial charge in [-0.3, -0.25) is 4.79 Å². The summed E-state index contributed by atoms with van der Waals surface area (Å²) in [6, 6.07) is 27.7. The first kappa shape index (κ1) is 19.1. The number of rotatable bonds is 7. The Morgan fingerprint density at radius 2 is 1.50 bits per heavy atom. The molecule has 0 bridgehead atoms. The number of hydrogen-bond acceptors (Lipinski definition) is 3. The van der Waals surface area contributed by atoms with Gasteiger partial charge >= 0.3 is 0 Å². The molecule has 0 saturated carbocycles. The van der Waals surface area contributed by atoms with Crippen LogP contribution in [0.25, 0.3) is 17.2 Å². The van der Waals surface area contributed by atoms with Gasteiger partial charge in [-0.2, -0.15) is 5.10 Å². The van der Waals surface area contributed by atoms with E-state index in [1.807, 2.05) is 85.8 Å². The SMILES string of the molecule is CC(=C/c1ccccc1)/C=N/NC(=O)COc1ccc(-c2ccccc2)cc1. The van der Waals surface area contributed by atoms with E-state index in [-0.39, 0.29) is 12.5 Å². The first-order valence-electron chi connectivity index (χ1n) is 9.04. The summed E-state index contributed by atoms with van der Waals surface area (Å²) < 4.78 is 5.51. The average molecular weight is 370 g/mol. The third kappa shape index (κ3) is 5.95. The van der Waals surface area contributed by atoms with Crippen molar-refractivity contribution in [1.29, 1.82) is 0 Å². The minimum absolute atomic E-state index is 0.0938. The maximum Gasteiger partial charge on any atom is 0.277 e. The number of carbonyl (C=O) groups excluding carboxylic acids is 1. The number of nitrogens with one attached hydrogen (secondary N) is 1. The van der Waals surface area contributed by atoms with E-state index in [1.165, 1.54) is 0 Å². The van der Waals surface area contributed by atoms with Gasteiger partial charge in [-0.1, -0.05) is 78.9 Å². The van der Waals surface area contributed by atoms with Crippen molar-refractivity contribution in [3.63, 3.8) is 0 Å². The number of nitrogens with zero attached hydrogens (tertiary/aromatic N) is 1. The fraction of sp³-hybridized carbons (Fsp3) is 0.0833. The fourth-order valence-electron chi connectivity index (χ4n) is 2.61. The highest BCUT2D eigenvalue weighted by Gasteiger charge is 2.02. The third-order valence-electron chi connectivity index (χ3n) is 3.98. The molecule has 0 fully saturated rings. The van der Waals surface area contributed by atoms with E-state index in [1.54, 1.807) is 6.21 Å². The average Bonchev–Trinajstić information content (AvgIpc) is 2.74. The molecule has 0 aromatic heterocycles. The summed E-state index contributed by atoms with van der Waals surface area (Å²) in [6.07, 6.45) is 3.60. The van der Waals surface area contributed by atoms with Crippen molar-refractivity contribution in [3.05, 3.63) is 96.1 Å². The molecular formula is C24H22N2O2. The quantitative estimate of drug-likeness (QED) is 0.473. The molecular weight excluding hydrogens is 348 g/mol. The predicted octanol–water partition coefficient (Wildman–Crippen LogP) is 4.94. The van der Waals surface area contributed by atoms with Gasteiger partial charge in [0.05, 0.1) is 6.21 Å². The molecule has 0 spiro atoms. The molecule has 0 unspecified atom stereocenters. The Labute approximate surface area is 165 Å². The standard InChI is InChI=1S/C24H22N2O2/c1-19(16-20-8-4-2-5-9-20)17-25-26-24(27)18-28-23-14-12-22(13-15-23)21-10-6-3-7-11-21/h2-17H,18H2,1H3,(H,26,27)/b19-16-,25-17+. The summed E-state index contributed by atoms with van der Waals surface area (Å²) in [5.74, 6) is 0.329. The van der Waals surface area contributed by atoms with Crippen LogP contribution in [-0.2, 0) is 4.79 Å². The van der Waals surface area contributed by atoms with Crippen molar-refractivity contribution in [3.8, 4) is 16.9 Å². The Morgan fingerprint density at radius 1 is 0.893 bits per heavy atom. The number of hydrazone groups is 1. The smallest absolute Gasteiger partial charge is 0.277 e. The lowest BCUT2D eigenvalue weighted by Crippen LogP contribution is -2.24. The van der Waals surface area contributed by atoms with Crippen LogP contribution < -0.4 is 10.2 Å². The zero-order chi connectivity index (χ0) is 19.6.